The van der Waals surface area contributed by atoms with Gasteiger partial charge in [-0.25, -0.2) is 0 Å². The quantitative estimate of drug-likeness (QED) is 0.879. The van der Waals surface area contributed by atoms with Gasteiger partial charge in [0.05, 0.1) is 6.04 Å². The molecule has 1 aliphatic heterocycles. The van der Waals surface area contributed by atoms with E-state index in [1.54, 1.807) is 23.9 Å². The van der Waals surface area contributed by atoms with Gasteiger partial charge in [-0.1, -0.05) is 24.6 Å². The number of aliphatic imine (C=N–C) groups is 1. The number of fused-ring (bicyclic) bond motifs is 1. The van der Waals surface area contributed by atoms with Gasteiger partial charge >= 0.3 is 0 Å². The summed E-state index contributed by atoms with van der Waals surface area (Å²) in [7, 11) is 0. The maximum Gasteiger partial charge on any atom is 0.248 e. The Balaban J connectivity index is 1.68. The number of anilines is 1. The number of primary amides is 1. The number of nitrogens with two attached hydrogens (primary N) is 1. The summed E-state index contributed by atoms with van der Waals surface area (Å²) < 4.78 is 0. The molecule has 4 nitrogen and oxygen atoms in total. The van der Waals surface area contributed by atoms with Crippen molar-refractivity contribution in [3.8, 4) is 0 Å². The molecule has 0 spiro atoms. The Bertz CT molecular complexity index is 526. The number of hydrogen-bond acceptors (Lipinski definition) is 4. The standard InChI is InChI=1S/C15H19N3OS/c16-14(19)10-5-7-12(8-6-10)17-15-18-13-4-2-1-3-11(13)9-20-15/h5-8,11,13H,1-4,9H2,(H2,16,19)(H,17,18). The van der Waals surface area contributed by atoms with Gasteiger partial charge < -0.3 is 11.1 Å². The first-order chi connectivity index (χ1) is 9.72. The third-order valence-electron chi connectivity index (χ3n) is 4.01. The molecular formula is C15H19N3OS. The SMILES string of the molecule is NC(=O)c1ccc(NC2=NC3CCCCC3CS2)cc1. The van der Waals surface area contributed by atoms with Crippen LogP contribution in [0.25, 0.3) is 0 Å². The molecule has 2 aliphatic rings. The van der Waals surface area contributed by atoms with Gasteiger partial charge in [0.2, 0.25) is 5.91 Å². The molecule has 20 heavy (non-hydrogen) atoms. The molecule has 3 N–H and O–H groups in total. The van der Waals surface area contributed by atoms with Gasteiger partial charge in [0, 0.05) is 17.0 Å². The van der Waals surface area contributed by atoms with E-state index in [1.165, 1.54) is 25.7 Å². The number of benzene rings is 1. The third-order valence-corrected chi connectivity index (χ3v) is 5.08. The van der Waals surface area contributed by atoms with Gasteiger partial charge in [-0.15, -0.1) is 0 Å². The van der Waals surface area contributed by atoms with Crippen LogP contribution >= 0.6 is 11.8 Å². The maximum absolute atomic E-state index is 11.0. The predicted molar refractivity (Wildman–Crippen MR) is 84.2 cm³/mol. The number of amidine groups is 1. The van der Waals surface area contributed by atoms with E-state index >= 15 is 0 Å². The van der Waals surface area contributed by atoms with E-state index < -0.39 is 5.91 Å². The van der Waals surface area contributed by atoms with E-state index in [0.717, 1.165) is 22.5 Å². The van der Waals surface area contributed by atoms with E-state index in [9.17, 15) is 4.79 Å². The number of nitrogens with one attached hydrogen (secondary N) is 1. The van der Waals surface area contributed by atoms with Crippen LogP contribution in [0.2, 0.25) is 0 Å². The number of thioether (sulfide) groups is 1. The molecule has 1 saturated carbocycles. The third kappa shape index (κ3) is 2.98. The van der Waals surface area contributed by atoms with Gasteiger partial charge in [0.25, 0.3) is 0 Å². The Morgan fingerprint density at radius 2 is 2.00 bits per heavy atom. The lowest BCUT2D eigenvalue weighted by Crippen LogP contribution is -2.31. The molecular weight excluding hydrogens is 270 g/mol. The summed E-state index contributed by atoms with van der Waals surface area (Å²) >= 11 is 1.80. The maximum atomic E-state index is 11.0. The normalized spacial score (nSPS) is 25.5. The highest BCUT2D eigenvalue weighted by atomic mass is 32.2. The molecule has 0 radical (unpaired) electrons. The van der Waals surface area contributed by atoms with Crippen LogP contribution in [-0.2, 0) is 0 Å². The second-order valence-electron chi connectivity index (χ2n) is 5.42. The van der Waals surface area contributed by atoms with Crippen LogP contribution in [0.5, 0.6) is 0 Å². The molecule has 5 heteroatoms. The van der Waals surface area contributed by atoms with Crippen molar-refractivity contribution < 1.29 is 4.79 Å². The highest BCUT2D eigenvalue weighted by Gasteiger charge is 2.29. The zero-order valence-electron chi connectivity index (χ0n) is 11.3. The lowest BCUT2D eigenvalue weighted by atomic mass is 9.86. The minimum atomic E-state index is -0.397. The lowest BCUT2D eigenvalue weighted by Gasteiger charge is -2.32. The summed E-state index contributed by atoms with van der Waals surface area (Å²) in [5.41, 5.74) is 6.72. The number of rotatable bonds is 2. The summed E-state index contributed by atoms with van der Waals surface area (Å²) in [6.45, 7) is 0. The van der Waals surface area contributed by atoms with Crippen LogP contribution in [-0.4, -0.2) is 22.9 Å². The number of carbonyl (C=O) groups is 1. The van der Waals surface area contributed by atoms with Crippen molar-refractivity contribution in [3.63, 3.8) is 0 Å². The Kier molecular flexibility index (Phi) is 3.96. The largest absolute Gasteiger partial charge is 0.366 e. The van der Waals surface area contributed by atoms with Crippen LogP contribution in [0.3, 0.4) is 0 Å². The molecule has 1 aromatic rings. The Labute approximate surface area is 123 Å². The Morgan fingerprint density at radius 3 is 2.75 bits per heavy atom. The fourth-order valence-electron chi connectivity index (χ4n) is 2.84. The van der Waals surface area contributed by atoms with Crippen molar-refractivity contribution in [1.82, 2.24) is 0 Å². The monoisotopic (exact) mass is 289 g/mol. The second kappa shape index (κ2) is 5.87. The molecule has 2 unspecified atom stereocenters. The van der Waals surface area contributed by atoms with Crippen molar-refractivity contribution in [2.75, 3.05) is 11.1 Å². The molecule has 0 bridgehead atoms. The molecule has 1 heterocycles. The first kappa shape index (κ1) is 13.5. The fourth-order valence-corrected chi connectivity index (χ4v) is 4.00. The first-order valence-corrected chi connectivity index (χ1v) is 8.08. The molecule has 0 saturated heterocycles. The lowest BCUT2D eigenvalue weighted by molar-refractivity contribution is 0.100. The highest BCUT2D eigenvalue weighted by Crippen LogP contribution is 2.34. The van der Waals surface area contributed by atoms with E-state index in [4.69, 9.17) is 10.7 Å². The van der Waals surface area contributed by atoms with E-state index in [-0.39, 0.29) is 0 Å². The summed E-state index contributed by atoms with van der Waals surface area (Å²) in [4.78, 5) is 15.9. The first-order valence-electron chi connectivity index (χ1n) is 7.10. The van der Waals surface area contributed by atoms with Crippen LogP contribution in [0.1, 0.15) is 36.0 Å². The fraction of sp³-hybridized carbons (Fsp3) is 0.467. The van der Waals surface area contributed by atoms with Crippen molar-refractivity contribution >= 4 is 28.5 Å². The van der Waals surface area contributed by atoms with E-state index in [1.807, 2.05) is 12.1 Å². The summed E-state index contributed by atoms with van der Waals surface area (Å²) in [5, 5.41) is 4.34. The molecule has 2 atom stereocenters. The predicted octanol–water partition coefficient (Wildman–Crippen LogP) is 2.86. The number of carbonyl (C=O) groups excluding carboxylic acids is 1. The number of hydrogen-bond donors (Lipinski definition) is 2. The average Bonchev–Trinajstić information content (AvgIpc) is 2.48. The van der Waals surface area contributed by atoms with Crippen molar-refractivity contribution in [3.05, 3.63) is 29.8 Å². The van der Waals surface area contributed by atoms with Gasteiger partial charge in [-0.2, -0.15) is 0 Å². The van der Waals surface area contributed by atoms with Crippen molar-refractivity contribution in [2.45, 2.75) is 31.7 Å². The van der Waals surface area contributed by atoms with Crippen LogP contribution in [0, 0.1) is 5.92 Å². The van der Waals surface area contributed by atoms with E-state index in [2.05, 4.69) is 5.32 Å². The minimum absolute atomic E-state index is 0.397. The van der Waals surface area contributed by atoms with Gasteiger partial charge in [0.1, 0.15) is 0 Å². The molecule has 1 aromatic carbocycles. The zero-order chi connectivity index (χ0) is 13.9. The number of nitrogens with zero attached hydrogens (tertiary/aromatic N) is 1. The molecule has 0 aromatic heterocycles. The summed E-state index contributed by atoms with van der Waals surface area (Å²) in [6, 6.07) is 7.72. The Morgan fingerprint density at radius 1 is 1.25 bits per heavy atom. The summed E-state index contributed by atoms with van der Waals surface area (Å²) in [5.74, 6) is 1.53. The Hall–Kier alpha value is -1.49. The van der Waals surface area contributed by atoms with Gasteiger partial charge in [-0.05, 0) is 43.0 Å². The van der Waals surface area contributed by atoms with Crippen LogP contribution in [0.15, 0.2) is 29.3 Å². The molecule has 1 amide bonds. The molecule has 1 aliphatic carbocycles. The van der Waals surface area contributed by atoms with Crippen molar-refractivity contribution in [1.29, 1.82) is 0 Å². The van der Waals surface area contributed by atoms with Crippen molar-refractivity contribution in [2.24, 2.45) is 16.6 Å². The van der Waals surface area contributed by atoms with Crippen LogP contribution in [0.4, 0.5) is 5.69 Å². The minimum Gasteiger partial charge on any atom is -0.366 e. The number of amides is 1. The topological polar surface area (TPSA) is 67.5 Å². The molecule has 1 fully saturated rings. The zero-order valence-corrected chi connectivity index (χ0v) is 12.2. The smallest absolute Gasteiger partial charge is 0.248 e. The van der Waals surface area contributed by atoms with Gasteiger partial charge in [-0.3, -0.25) is 9.79 Å². The highest BCUT2D eigenvalue weighted by molar-refractivity contribution is 8.14. The second-order valence-corrected chi connectivity index (χ2v) is 6.43. The average molecular weight is 289 g/mol. The summed E-state index contributed by atoms with van der Waals surface area (Å²) in [6.07, 6.45) is 5.20. The molecule has 106 valence electrons. The van der Waals surface area contributed by atoms with Gasteiger partial charge in [0.15, 0.2) is 5.17 Å². The van der Waals surface area contributed by atoms with E-state index in [0.29, 0.717) is 11.6 Å². The van der Waals surface area contributed by atoms with Crippen LogP contribution < -0.4 is 11.1 Å². The molecule has 3 rings (SSSR count).